The van der Waals surface area contributed by atoms with Gasteiger partial charge in [-0.3, -0.25) is 4.79 Å². The molecule has 0 bridgehead atoms. The molecular formula is C18H16BrNO5. The van der Waals surface area contributed by atoms with Gasteiger partial charge >= 0.3 is 11.9 Å². The van der Waals surface area contributed by atoms with Gasteiger partial charge in [-0.05, 0) is 49.4 Å². The minimum Gasteiger partial charge on any atom is -0.462 e. The van der Waals surface area contributed by atoms with E-state index in [2.05, 4.69) is 21.2 Å². The van der Waals surface area contributed by atoms with E-state index in [1.165, 1.54) is 0 Å². The number of benzene rings is 2. The van der Waals surface area contributed by atoms with Crippen molar-refractivity contribution in [3.8, 4) is 0 Å². The smallest absolute Gasteiger partial charge is 0.338 e. The Morgan fingerprint density at radius 3 is 2.28 bits per heavy atom. The summed E-state index contributed by atoms with van der Waals surface area (Å²) in [7, 11) is 0. The fourth-order valence-electron chi connectivity index (χ4n) is 1.93. The molecule has 0 aliphatic rings. The second-order valence-electron chi connectivity index (χ2n) is 4.93. The molecule has 0 aliphatic carbocycles. The minimum absolute atomic E-state index is 0.292. The molecule has 7 heteroatoms. The number of hydrogen-bond acceptors (Lipinski definition) is 5. The van der Waals surface area contributed by atoms with Crippen LogP contribution in [0.2, 0.25) is 0 Å². The van der Waals surface area contributed by atoms with Crippen LogP contribution in [-0.2, 0) is 14.3 Å². The molecule has 0 heterocycles. The molecule has 0 spiro atoms. The Hall–Kier alpha value is -2.67. The van der Waals surface area contributed by atoms with Crippen LogP contribution in [0.3, 0.4) is 0 Å². The van der Waals surface area contributed by atoms with Crippen LogP contribution in [0.5, 0.6) is 0 Å². The third kappa shape index (κ3) is 5.72. The van der Waals surface area contributed by atoms with Gasteiger partial charge in [-0.15, -0.1) is 0 Å². The van der Waals surface area contributed by atoms with E-state index < -0.39 is 24.5 Å². The Labute approximate surface area is 153 Å². The third-order valence-corrected chi connectivity index (χ3v) is 3.57. The van der Waals surface area contributed by atoms with Gasteiger partial charge in [0.05, 0.1) is 17.7 Å². The molecule has 0 saturated carbocycles. The van der Waals surface area contributed by atoms with Gasteiger partial charge in [0.25, 0.3) is 5.91 Å². The lowest BCUT2D eigenvalue weighted by Crippen LogP contribution is -2.21. The number of halogens is 1. The first kappa shape index (κ1) is 18.7. The van der Waals surface area contributed by atoms with Crippen molar-refractivity contribution in [1.29, 1.82) is 0 Å². The molecule has 0 aliphatic heterocycles. The minimum atomic E-state index is -0.589. The average molecular weight is 406 g/mol. The maximum absolute atomic E-state index is 11.9. The van der Waals surface area contributed by atoms with Crippen molar-refractivity contribution in [3.05, 3.63) is 64.1 Å². The number of rotatable bonds is 6. The average Bonchev–Trinajstić information content (AvgIpc) is 2.60. The predicted octanol–water partition coefficient (Wildman–Crippen LogP) is 3.42. The number of amides is 1. The molecule has 0 fully saturated rings. The van der Waals surface area contributed by atoms with Gasteiger partial charge in [-0.1, -0.05) is 22.0 Å². The van der Waals surface area contributed by atoms with Crippen molar-refractivity contribution in [1.82, 2.24) is 0 Å². The summed E-state index contributed by atoms with van der Waals surface area (Å²) in [6.45, 7) is 1.60. The zero-order chi connectivity index (χ0) is 18.2. The van der Waals surface area contributed by atoms with Crippen LogP contribution in [0.4, 0.5) is 5.69 Å². The first-order valence-electron chi connectivity index (χ1n) is 7.49. The number of nitrogens with one attached hydrogen (secondary N) is 1. The van der Waals surface area contributed by atoms with Crippen molar-refractivity contribution in [2.24, 2.45) is 0 Å². The second kappa shape index (κ2) is 8.98. The van der Waals surface area contributed by atoms with E-state index in [4.69, 9.17) is 9.47 Å². The van der Waals surface area contributed by atoms with Crippen LogP contribution >= 0.6 is 15.9 Å². The van der Waals surface area contributed by atoms with Crippen LogP contribution in [0.25, 0.3) is 0 Å². The maximum Gasteiger partial charge on any atom is 0.338 e. The molecule has 0 saturated heterocycles. The van der Waals surface area contributed by atoms with Gasteiger partial charge in [0.1, 0.15) is 0 Å². The zero-order valence-corrected chi connectivity index (χ0v) is 15.0. The fourth-order valence-corrected chi connectivity index (χ4v) is 2.33. The van der Waals surface area contributed by atoms with E-state index in [-0.39, 0.29) is 0 Å². The monoisotopic (exact) mass is 405 g/mol. The van der Waals surface area contributed by atoms with Crippen molar-refractivity contribution in [2.45, 2.75) is 6.92 Å². The normalized spacial score (nSPS) is 10.0. The molecule has 25 heavy (non-hydrogen) atoms. The highest BCUT2D eigenvalue weighted by Gasteiger charge is 2.11. The molecule has 1 amide bonds. The molecule has 1 N–H and O–H groups in total. The van der Waals surface area contributed by atoms with E-state index in [0.717, 1.165) is 4.47 Å². The van der Waals surface area contributed by atoms with Gasteiger partial charge in [-0.2, -0.15) is 0 Å². The molecule has 0 radical (unpaired) electrons. The number of anilines is 1. The summed E-state index contributed by atoms with van der Waals surface area (Å²) in [4.78, 5) is 35.3. The summed E-state index contributed by atoms with van der Waals surface area (Å²) in [6, 6.07) is 12.9. The van der Waals surface area contributed by atoms with Crippen LogP contribution in [0, 0.1) is 0 Å². The van der Waals surface area contributed by atoms with E-state index in [1.54, 1.807) is 55.5 Å². The second-order valence-corrected chi connectivity index (χ2v) is 5.85. The summed E-state index contributed by atoms with van der Waals surface area (Å²) in [6.07, 6.45) is 0. The highest BCUT2D eigenvalue weighted by molar-refractivity contribution is 9.10. The summed E-state index contributed by atoms with van der Waals surface area (Å²) >= 11 is 3.26. The van der Waals surface area contributed by atoms with Crippen LogP contribution < -0.4 is 5.32 Å². The van der Waals surface area contributed by atoms with E-state index in [0.29, 0.717) is 23.4 Å². The highest BCUT2D eigenvalue weighted by atomic mass is 79.9. The van der Waals surface area contributed by atoms with E-state index in [1.807, 2.05) is 0 Å². The maximum atomic E-state index is 11.9. The number of carbonyl (C=O) groups excluding carboxylic acids is 3. The van der Waals surface area contributed by atoms with Crippen molar-refractivity contribution >= 4 is 39.5 Å². The van der Waals surface area contributed by atoms with E-state index >= 15 is 0 Å². The molecule has 130 valence electrons. The highest BCUT2D eigenvalue weighted by Crippen LogP contribution is 2.13. The van der Waals surface area contributed by atoms with Crippen molar-refractivity contribution < 1.29 is 23.9 Å². The third-order valence-electron chi connectivity index (χ3n) is 3.07. The fraction of sp³-hybridized carbons (Fsp3) is 0.167. The standard InChI is InChI=1S/C18H16BrNO5/c1-2-24-17(22)12-6-8-15(9-7-12)20-16(21)11-25-18(23)13-4-3-5-14(19)10-13/h3-10H,2,11H2,1H3,(H,20,21). The van der Waals surface area contributed by atoms with Crippen LogP contribution in [0.15, 0.2) is 53.0 Å². The molecule has 2 rings (SSSR count). The molecule has 0 atom stereocenters. The lowest BCUT2D eigenvalue weighted by molar-refractivity contribution is -0.119. The van der Waals surface area contributed by atoms with Gasteiger partial charge in [0, 0.05) is 10.2 Å². The number of esters is 2. The van der Waals surface area contributed by atoms with Gasteiger partial charge in [-0.25, -0.2) is 9.59 Å². The molecule has 6 nitrogen and oxygen atoms in total. The Morgan fingerprint density at radius 2 is 1.64 bits per heavy atom. The number of carbonyl (C=O) groups is 3. The van der Waals surface area contributed by atoms with Gasteiger partial charge < -0.3 is 14.8 Å². The first-order valence-corrected chi connectivity index (χ1v) is 8.28. The van der Waals surface area contributed by atoms with E-state index in [9.17, 15) is 14.4 Å². The number of ether oxygens (including phenoxy) is 2. The topological polar surface area (TPSA) is 81.7 Å². The summed E-state index contributed by atoms with van der Waals surface area (Å²) in [5.74, 6) is -1.50. The molecule has 2 aromatic carbocycles. The quantitative estimate of drug-likeness (QED) is 0.744. The molecule has 0 unspecified atom stereocenters. The Morgan fingerprint density at radius 1 is 0.960 bits per heavy atom. The SMILES string of the molecule is CCOC(=O)c1ccc(NC(=O)COC(=O)c2cccc(Br)c2)cc1. The predicted molar refractivity (Wildman–Crippen MR) is 95.5 cm³/mol. The molecule has 0 aromatic heterocycles. The van der Waals surface area contributed by atoms with Crippen LogP contribution in [-0.4, -0.2) is 31.1 Å². The summed E-state index contributed by atoms with van der Waals surface area (Å²) in [5.41, 5.74) is 1.22. The van der Waals surface area contributed by atoms with Crippen LogP contribution in [0.1, 0.15) is 27.6 Å². The van der Waals surface area contributed by atoms with Crippen molar-refractivity contribution in [3.63, 3.8) is 0 Å². The molecule has 2 aromatic rings. The first-order chi connectivity index (χ1) is 12.0. The summed E-state index contributed by atoms with van der Waals surface area (Å²) in [5, 5.41) is 2.58. The Bertz CT molecular complexity index is 773. The largest absolute Gasteiger partial charge is 0.462 e. The lowest BCUT2D eigenvalue weighted by Gasteiger charge is -2.08. The van der Waals surface area contributed by atoms with Crippen molar-refractivity contribution in [2.75, 3.05) is 18.5 Å². The summed E-state index contributed by atoms with van der Waals surface area (Å²) < 4.78 is 10.6. The lowest BCUT2D eigenvalue weighted by atomic mass is 10.2. The van der Waals surface area contributed by atoms with Gasteiger partial charge in [0.2, 0.25) is 0 Å². The molecular weight excluding hydrogens is 390 g/mol. The number of hydrogen-bond donors (Lipinski definition) is 1. The van der Waals surface area contributed by atoms with Gasteiger partial charge in [0.15, 0.2) is 6.61 Å². The zero-order valence-electron chi connectivity index (χ0n) is 13.5. The Kier molecular flexibility index (Phi) is 6.71. The Balaban J connectivity index is 1.86.